The van der Waals surface area contributed by atoms with E-state index < -0.39 is 66.7 Å². The van der Waals surface area contributed by atoms with Crippen LogP contribution >= 0.6 is 11.8 Å². The molecule has 21 nitrogen and oxygen atoms in total. The van der Waals surface area contributed by atoms with Crippen molar-refractivity contribution < 1.29 is 63.0 Å². The predicted molar refractivity (Wildman–Crippen MR) is 184 cm³/mol. The first-order valence-corrected chi connectivity index (χ1v) is 17.8. The van der Waals surface area contributed by atoms with Crippen LogP contribution in [-0.2, 0) is 38.1 Å². The van der Waals surface area contributed by atoms with Crippen molar-refractivity contribution in [1.29, 1.82) is 0 Å². The van der Waals surface area contributed by atoms with Crippen molar-refractivity contribution in [3.63, 3.8) is 0 Å². The fraction of sp³-hybridized carbons (Fsp3) is 0.733. The Kier molecular flexibility index (Phi) is 18.0. The second-order valence-electron chi connectivity index (χ2n) is 11.9. The number of aliphatic carboxylic acids is 1. The van der Waals surface area contributed by atoms with Crippen LogP contribution in [0.1, 0.15) is 26.2 Å². The van der Waals surface area contributed by atoms with Gasteiger partial charge in [0.2, 0.25) is 17.6 Å². The number of carboxylic acid groups (broad SMARTS) is 1. The maximum absolute atomic E-state index is 12.6. The van der Waals surface area contributed by atoms with Crippen LogP contribution in [0.3, 0.4) is 0 Å². The topological polar surface area (TPSA) is 317 Å². The number of nitrogens with two attached hydrogens (primary N) is 2. The summed E-state index contributed by atoms with van der Waals surface area (Å²) < 4.78 is 27.1. The van der Waals surface area contributed by atoms with E-state index in [1.54, 1.807) is 0 Å². The van der Waals surface area contributed by atoms with Crippen LogP contribution in [0.2, 0.25) is 0 Å². The summed E-state index contributed by atoms with van der Waals surface area (Å²) in [5, 5.41) is 43.5. The van der Waals surface area contributed by atoms with Crippen LogP contribution in [0.4, 0.5) is 9.59 Å². The van der Waals surface area contributed by atoms with Gasteiger partial charge in [-0.15, -0.1) is 0 Å². The van der Waals surface area contributed by atoms with E-state index in [1.165, 1.54) is 6.92 Å². The zero-order valence-corrected chi connectivity index (χ0v) is 29.6. The Balaban J connectivity index is 1.25. The number of hydrogen-bond donors (Lipinski definition) is 10. The molecule has 0 aromatic carbocycles. The Bertz CT molecular complexity index is 1270. The van der Waals surface area contributed by atoms with E-state index in [-0.39, 0.29) is 50.4 Å². The molecule has 2 saturated heterocycles. The molecule has 5 amide bonds. The molecule has 0 saturated carbocycles. The van der Waals surface area contributed by atoms with Crippen LogP contribution in [0.5, 0.6) is 0 Å². The van der Waals surface area contributed by atoms with Crippen molar-refractivity contribution in [2.24, 2.45) is 16.5 Å². The zero-order valence-electron chi connectivity index (χ0n) is 28.8. The molecule has 3 aliphatic heterocycles. The van der Waals surface area contributed by atoms with E-state index in [1.807, 2.05) is 11.8 Å². The molecule has 12 N–H and O–H groups in total. The van der Waals surface area contributed by atoms with Crippen molar-refractivity contribution in [2.75, 3.05) is 65.1 Å². The van der Waals surface area contributed by atoms with Crippen LogP contribution in [0, 0.1) is 0 Å². The number of ether oxygens (including phenoxy) is 5. The number of thioether (sulfide) groups is 1. The lowest BCUT2D eigenvalue weighted by Gasteiger charge is -2.39. The fourth-order valence-corrected chi connectivity index (χ4v) is 7.20. The lowest BCUT2D eigenvalue weighted by Crippen LogP contribution is -2.61. The molecule has 2 fully saturated rings. The summed E-state index contributed by atoms with van der Waals surface area (Å²) in [4.78, 5) is 63.7. The van der Waals surface area contributed by atoms with Crippen molar-refractivity contribution in [1.82, 2.24) is 26.6 Å². The summed E-state index contributed by atoms with van der Waals surface area (Å²) in [7, 11) is 0. The highest BCUT2D eigenvalue weighted by atomic mass is 32.2. The molecular weight excluding hydrogens is 712 g/mol. The standard InChI is InChI=1S/C30H50N8O13S/c1-16(40)35-24-17(36-28(31)32)13-20(27(43)44)50-26(24)25(19(41)14-39)51-30(46)34-6-8-48-10-12-49-11-9-47-7-5-33-22(42)4-2-3-21-23-18(15-52-21)37-29(45)38-23/h13,17-19,21,23-26,39,41H,2-12,14-15H2,1H3,(H,33,42)(H,34,46)(H,35,40)(H,43,44)(H4,31,32,36)(H2,37,38,45)/t17-,18-,19+,21-,23-,24+,25+,26?/m0/s1. The number of nitrogens with zero attached hydrogens (tertiary/aromatic N) is 1. The van der Waals surface area contributed by atoms with Crippen LogP contribution in [0.25, 0.3) is 0 Å². The summed E-state index contributed by atoms with van der Waals surface area (Å²) in [6.45, 7) is 2.07. The number of carbonyl (C=O) groups excluding carboxylic acids is 4. The number of alkyl carbamates (subject to hydrolysis) is 1. The summed E-state index contributed by atoms with van der Waals surface area (Å²) in [5.74, 6) is -2.33. The number of fused-ring (bicyclic) bond motifs is 1. The molecule has 0 radical (unpaired) electrons. The highest BCUT2D eigenvalue weighted by Crippen LogP contribution is 2.33. The van der Waals surface area contributed by atoms with Crippen molar-refractivity contribution in [2.45, 2.75) is 73.9 Å². The van der Waals surface area contributed by atoms with E-state index in [0.29, 0.717) is 38.0 Å². The normalized spacial score (nSPS) is 24.5. The van der Waals surface area contributed by atoms with Gasteiger partial charge >= 0.3 is 18.1 Å². The lowest BCUT2D eigenvalue weighted by molar-refractivity contribution is -0.146. The monoisotopic (exact) mass is 762 g/mol. The van der Waals surface area contributed by atoms with Gasteiger partial charge in [0.25, 0.3) is 0 Å². The zero-order chi connectivity index (χ0) is 38.0. The van der Waals surface area contributed by atoms with Gasteiger partial charge in [0.15, 0.2) is 18.2 Å². The number of guanidine groups is 1. The molecule has 3 aliphatic rings. The second-order valence-corrected chi connectivity index (χ2v) is 13.2. The quantitative estimate of drug-likeness (QED) is 0.0209. The van der Waals surface area contributed by atoms with Crippen LogP contribution in [0.15, 0.2) is 16.8 Å². The van der Waals surface area contributed by atoms with Gasteiger partial charge < -0.3 is 77.1 Å². The van der Waals surface area contributed by atoms with E-state index in [0.717, 1.165) is 24.7 Å². The minimum Gasteiger partial charge on any atom is -0.477 e. The number of aliphatic hydroxyl groups excluding tert-OH is 2. The third-order valence-electron chi connectivity index (χ3n) is 7.98. The van der Waals surface area contributed by atoms with Gasteiger partial charge in [-0.3, -0.25) is 9.59 Å². The smallest absolute Gasteiger partial charge is 0.407 e. The van der Waals surface area contributed by atoms with E-state index in [2.05, 4.69) is 31.6 Å². The number of hydrogen-bond acceptors (Lipinski definition) is 14. The molecule has 0 bridgehead atoms. The Labute approximate surface area is 304 Å². The SMILES string of the molecule is CC(=O)N[C@H]1C([C@H](OC(=O)NCCOCCOCCOCCNC(=O)CCC[C@@H]2SC[C@@H]3NC(=O)N[C@@H]32)[C@H](O)CO)OC(C(=O)O)=C[C@@H]1N=C(N)N. The number of carboxylic acids is 1. The van der Waals surface area contributed by atoms with Gasteiger partial charge in [-0.1, -0.05) is 0 Å². The first kappa shape index (κ1) is 42.3. The first-order valence-electron chi connectivity index (χ1n) is 16.8. The molecule has 0 aromatic heterocycles. The largest absolute Gasteiger partial charge is 0.477 e. The van der Waals surface area contributed by atoms with E-state index in [9.17, 15) is 39.3 Å². The number of urea groups is 1. The van der Waals surface area contributed by atoms with Crippen LogP contribution in [-0.4, -0.2) is 164 Å². The molecule has 22 heteroatoms. The average molecular weight is 763 g/mol. The second kappa shape index (κ2) is 22.1. The molecular formula is C30H50N8O13S. The van der Waals surface area contributed by atoms with Gasteiger partial charge in [-0.05, 0) is 18.9 Å². The van der Waals surface area contributed by atoms with Gasteiger partial charge in [-0.2, -0.15) is 11.8 Å². The molecule has 294 valence electrons. The Hall–Kier alpha value is -4.09. The summed E-state index contributed by atoms with van der Waals surface area (Å²) in [6.07, 6.45) is -2.96. The summed E-state index contributed by atoms with van der Waals surface area (Å²) in [6, 6.07) is -2.20. The maximum Gasteiger partial charge on any atom is 0.407 e. The van der Waals surface area contributed by atoms with Gasteiger partial charge in [-0.25, -0.2) is 19.4 Å². The molecule has 8 atom stereocenters. The lowest BCUT2D eigenvalue weighted by atomic mass is 9.92. The number of carbonyl (C=O) groups is 5. The highest BCUT2D eigenvalue weighted by Gasteiger charge is 2.46. The number of aliphatic hydroxyl groups is 2. The minimum atomic E-state index is -1.75. The third kappa shape index (κ3) is 14.1. The van der Waals surface area contributed by atoms with Gasteiger partial charge in [0, 0.05) is 37.4 Å². The van der Waals surface area contributed by atoms with Crippen molar-refractivity contribution in [3.8, 4) is 0 Å². The molecule has 0 aromatic rings. The number of aliphatic imine (C=N–C) groups is 1. The molecule has 3 rings (SSSR count). The maximum atomic E-state index is 12.6. The minimum absolute atomic E-state index is 0.0244. The van der Waals surface area contributed by atoms with Crippen molar-refractivity contribution >= 4 is 47.6 Å². The molecule has 0 aliphatic carbocycles. The van der Waals surface area contributed by atoms with Gasteiger partial charge in [0.1, 0.15) is 6.10 Å². The molecule has 52 heavy (non-hydrogen) atoms. The highest BCUT2D eigenvalue weighted by molar-refractivity contribution is 8.00. The van der Waals surface area contributed by atoms with Gasteiger partial charge in [0.05, 0.1) is 70.4 Å². The Morgan fingerprint density at radius 2 is 1.71 bits per heavy atom. The average Bonchev–Trinajstić information content (AvgIpc) is 3.64. The fourth-order valence-electron chi connectivity index (χ4n) is 5.66. The Morgan fingerprint density at radius 3 is 2.33 bits per heavy atom. The Morgan fingerprint density at radius 1 is 1.06 bits per heavy atom. The predicted octanol–water partition coefficient (Wildman–Crippen LogP) is -3.55. The van der Waals surface area contributed by atoms with E-state index in [4.69, 9.17) is 35.2 Å². The van der Waals surface area contributed by atoms with Crippen LogP contribution < -0.4 is 38.1 Å². The molecule has 3 heterocycles. The van der Waals surface area contributed by atoms with Crippen molar-refractivity contribution in [3.05, 3.63) is 11.8 Å². The van der Waals surface area contributed by atoms with E-state index >= 15 is 0 Å². The number of rotatable bonds is 23. The molecule has 1 unspecified atom stereocenters. The number of amides is 5. The number of nitrogens with one attached hydrogen (secondary N) is 5. The third-order valence-corrected chi connectivity index (χ3v) is 9.49. The summed E-state index contributed by atoms with van der Waals surface area (Å²) >= 11 is 1.82. The molecule has 0 spiro atoms. The summed E-state index contributed by atoms with van der Waals surface area (Å²) in [5.41, 5.74) is 10.9. The first-order chi connectivity index (χ1) is 24.9.